The zero-order chi connectivity index (χ0) is 13.2. The van der Waals surface area contributed by atoms with Gasteiger partial charge in [-0.2, -0.15) is 0 Å². The Labute approximate surface area is 117 Å². The molecule has 1 aromatic carbocycles. The third-order valence-electron chi connectivity index (χ3n) is 3.60. The van der Waals surface area contributed by atoms with Crippen LogP contribution in [0.5, 0.6) is 0 Å². The first-order chi connectivity index (χ1) is 9.28. The topological polar surface area (TPSA) is 20.3 Å². The van der Waals surface area contributed by atoms with Gasteiger partial charge in [-0.1, -0.05) is 25.1 Å². The van der Waals surface area contributed by atoms with Crippen LogP contribution in [0.25, 0.3) is 0 Å². The monoisotopic (exact) mass is 271 g/mol. The van der Waals surface area contributed by atoms with E-state index in [2.05, 4.69) is 36.1 Å². The summed E-state index contributed by atoms with van der Waals surface area (Å²) in [5, 5.41) is 0. The van der Waals surface area contributed by atoms with Gasteiger partial charge < -0.3 is 4.90 Å². The molecule has 0 saturated heterocycles. The van der Waals surface area contributed by atoms with Gasteiger partial charge in [-0.05, 0) is 36.6 Å². The van der Waals surface area contributed by atoms with E-state index in [0.29, 0.717) is 6.54 Å². The Bertz CT molecular complexity index is 602. The molecule has 0 radical (unpaired) electrons. The van der Waals surface area contributed by atoms with Crippen molar-refractivity contribution in [2.24, 2.45) is 0 Å². The second-order valence-electron chi connectivity index (χ2n) is 4.84. The number of rotatable bonds is 4. The number of nitrogens with zero attached hydrogens (tertiary/aromatic N) is 1. The van der Waals surface area contributed by atoms with Crippen LogP contribution in [-0.2, 0) is 12.8 Å². The summed E-state index contributed by atoms with van der Waals surface area (Å²) >= 11 is 1.63. The molecule has 0 atom stereocenters. The highest BCUT2D eigenvalue weighted by Crippen LogP contribution is 2.28. The van der Waals surface area contributed by atoms with E-state index >= 15 is 0 Å². The average Bonchev–Trinajstić information content (AvgIpc) is 3.06. The van der Waals surface area contributed by atoms with E-state index in [1.165, 1.54) is 16.1 Å². The Morgan fingerprint density at radius 1 is 1.26 bits per heavy atom. The van der Waals surface area contributed by atoms with Crippen LogP contribution in [0.15, 0.2) is 36.4 Å². The molecule has 0 amide bonds. The van der Waals surface area contributed by atoms with Crippen molar-refractivity contribution in [3.05, 3.63) is 51.7 Å². The molecule has 98 valence electrons. The number of hydrogen-bond donors (Lipinski definition) is 0. The van der Waals surface area contributed by atoms with Crippen molar-refractivity contribution in [1.82, 2.24) is 0 Å². The fourth-order valence-electron chi connectivity index (χ4n) is 2.54. The SMILES string of the molecule is CCc1ccc(C(=O)CN2CCc3ccccc32)s1. The number of carbonyl (C=O) groups excluding carboxylic acids is 1. The number of fused-ring (bicyclic) bond motifs is 1. The highest BCUT2D eigenvalue weighted by Gasteiger charge is 2.21. The van der Waals surface area contributed by atoms with Crippen molar-refractivity contribution < 1.29 is 4.79 Å². The van der Waals surface area contributed by atoms with E-state index in [-0.39, 0.29) is 5.78 Å². The van der Waals surface area contributed by atoms with Crippen molar-refractivity contribution in [1.29, 1.82) is 0 Å². The molecule has 0 fully saturated rings. The van der Waals surface area contributed by atoms with Gasteiger partial charge in [0.15, 0.2) is 5.78 Å². The van der Waals surface area contributed by atoms with Gasteiger partial charge in [-0.25, -0.2) is 0 Å². The van der Waals surface area contributed by atoms with Crippen molar-refractivity contribution in [3.8, 4) is 0 Å². The van der Waals surface area contributed by atoms with E-state index in [4.69, 9.17) is 0 Å². The number of para-hydroxylation sites is 1. The standard InChI is InChI=1S/C16H17NOS/c1-2-13-7-8-16(19-13)15(18)11-17-10-9-12-5-3-4-6-14(12)17/h3-8H,2,9-11H2,1H3. The molecule has 19 heavy (non-hydrogen) atoms. The summed E-state index contributed by atoms with van der Waals surface area (Å²) in [5.41, 5.74) is 2.58. The molecule has 0 bridgehead atoms. The lowest BCUT2D eigenvalue weighted by atomic mass is 10.2. The van der Waals surface area contributed by atoms with Crippen LogP contribution in [-0.4, -0.2) is 18.9 Å². The molecular formula is C16H17NOS. The summed E-state index contributed by atoms with van der Waals surface area (Å²) in [6, 6.07) is 12.4. The van der Waals surface area contributed by atoms with Gasteiger partial charge in [0.25, 0.3) is 0 Å². The van der Waals surface area contributed by atoms with Crippen LogP contribution >= 0.6 is 11.3 Å². The number of benzene rings is 1. The number of thiophene rings is 1. The largest absolute Gasteiger partial charge is 0.363 e. The summed E-state index contributed by atoms with van der Waals surface area (Å²) in [5.74, 6) is 0.237. The molecule has 2 aromatic rings. The lowest BCUT2D eigenvalue weighted by molar-refractivity contribution is 0.100. The maximum atomic E-state index is 12.3. The minimum absolute atomic E-state index is 0.237. The summed E-state index contributed by atoms with van der Waals surface area (Å²) in [4.78, 5) is 16.7. The van der Waals surface area contributed by atoms with Gasteiger partial charge >= 0.3 is 0 Å². The molecule has 2 nitrogen and oxygen atoms in total. The van der Waals surface area contributed by atoms with E-state index in [9.17, 15) is 4.79 Å². The van der Waals surface area contributed by atoms with Crippen LogP contribution in [0.3, 0.4) is 0 Å². The number of Topliss-reactive ketones (excluding diaryl/α,β-unsaturated/α-hetero) is 1. The minimum Gasteiger partial charge on any atom is -0.363 e. The number of hydrogen-bond acceptors (Lipinski definition) is 3. The normalized spacial score (nSPS) is 13.6. The lowest BCUT2D eigenvalue weighted by Crippen LogP contribution is -2.27. The highest BCUT2D eigenvalue weighted by molar-refractivity contribution is 7.14. The maximum absolute atomic E-state index is 12.3. The Hall–Kier alpha value is -1.61. The third kappa shape index (κ3) is 2.43. The Morgan fingerprint density at radius 3 is 2.89 bits per heavy atom. The van der Waals surface area contributed by atoms with Gasteiger partial charge in [-0.15, -0.1) is 11.3 Å². The fourth-order valence-corrected chi connectivity index (χ4v) is 3.42. The van der Waals surface area contributed by atoms with E-state index in [1.54, 1.807) is 11.3 Å². The Morgan fingerprint density at radius 2 is 2.11 bits per heavy atom. The molecule has 2 heterocycles. The molecule has 0 aliphatic carbocycles. The zero-order valence-electron chi connectivity index (χ0n) is 11.1. The second-order valence-corrected chi connectivity index (χ2v) is 6.01. The molecule has 3 rings (SSSR count). The minimum atomic E-state index is 0.237. The Balaban J connectivity index is 1.74. The molecule has 0 N–H and O–H groups in total. The predicted molar refractivity (Wildman–Crippen MR) is 80.4 cm³/mol. The van der Waals surface area contributed by atoms with Crippen molar-refractivity contribution >= 4 is 22.8 Å². The quantitative estimate of drug-likeness (QED) is 0.793. The van der Waals surface area contributed by atoms with Crippen LogP contribution in [0.2, 0.25) is 0 Å². The second kappa shape index (κ2) is 5.17. The molecule has 0 saturated carbocycles. The number of ketones is 1. The van der Waals surface area contributed by atoms with Gasteiger partial charge in [0, 0.05) is 17.1 Å². The first kappa shape index (κ1) is 12.4. The average molecular weight is 271 g/mol. The maximum Gasteiger partial charge on any atom is 0.191 e. The van der Waals surface area contributed by atoms with Gasteiger partial charge in [-0.3, -0.25) is 4.79 Å². The molecular weight excluding hydrogens is 254 g/mol. The summed E-state index contributed by atoms with van der Waals surface area (Å²) < 4.78 is 0. The van der Waals surface area contributed by atoms with Gasteiger partial charge in [0.05, 0.1) is 11.4 Å². The summed E-state index contributed by atoms with van der Waals surface area (Å²) in [6.45, 7) is 3.58. The molecule has 3 heteroatoms. The number of anilines is 1. The first-order valence-electron chi connectivity index (χ1n) is 6.72. The highest BCUT2D eigenvalue weighted by atomic mass is 32.1. The summed E-state index contributed by atoms with van der Waals surface area (Å²) in [7, 11) is 0. The third-order valence-corrected chi connectivity index (χ3v) is 4.87. The molecule has 1 aromatic heterocycles. The van der Waals surface area contributed by atoms with Crippen LogP contribution in [0.4, 0.5) is 5.69 Å². The molecule has 0 spiro atoms. The smallest absolute Gasteiger partial charge is 0.191 e. The predicted octanol–water partition coefficient (Wildman–Crippen LogP) is 3.56. The van der Waals surface area contributed by atoms with Crippen LogP contribution in [0.1, 0.15) is 27.0 Å². The lowest BCUT2D eigenvalue weighted by Gasteiger charge is -2.17. The van der Waals surface area contributed by atoms with Gasteiger partial charge in [0.1, 0.15) is 0 Å². The molecule has 1 aliphatic rings. The zero-order valence-corrected chi connectivity index (χ0v) is 11.9. The van der Waals surface area contributed by atoms with E-state index in [1.807, 2.05) is 12.1 Å². The Kier molecular flexibility index (Phi) is 3.38. The van der Waals surface area contributed by atoms with E-state index < -0.39 is 0 Å². The number of carbonyl (C=O) groups is 1. The van der Waals surface area contributed by atoms with Crippen molar-refractivity contribution in [2.45, 2.75) is 19.8 Å². The summed E-state index contributed by atoms with van der Waals surface area (Å²) in [6.07, 6.45) is 2.05. The van der Waals surface area contributed by atoms with Crippen molar-refractivity contribution in [2.75, 3.05) is 18.0 Å². The van der Waals surface area contributed by atoms with Gasteiger partial charge in [0.2, 0.25) is 0 Å². The fraction of sp³-hybridized carbons (Fsp3) is 0.312. The first-order valence-corrected chi connectivity index (χ1v) is 7.54. The van der Waals surface area contributed by atoms with Crippen LogP contribution in [0, 0.1) is 0 Å². The van der Waals surface area contributed by atoms with Crippen LogP contribution < -0.4 is 4.90 Å². The molecule has 1 aliphatic heterocycles. The van der Waals surface area contributed by atoms with Crippen molar-refractivity contribution in [3.63, 3.8) is 0 Å². The van der Waals surface area contributed by atoms with E-state index in [0.717, 1.165) is 24.3 Å². The number of aryl methyl sites for hydroxylation is 1. The molecule has 0 unspecified atom stereocenters.